The second-order valence-electron chi connectivity index (χ2n) is 6.66. The fraction of sp³-hybridized carbons (Fsp3) is 0.733. The SMILES string of the molecule is C=C1C[C@H]2CC[C@@H]1N(C(=O)OC(C)(C)C)[C@@H]2C(C)=O. The molecule has 0 aromatic heterocycles. The summed E-state index contributed by atoms with van der Waals surface area (Å²) >= 11 is 0. The number of hydrogen-bond acceptors (Lipinski definition) is 3. The maximum absolute atomic E-state index is 12.4. The summed E-state index contributed by atoms with van der Waals surface area (Å²) in [5, 5.41) is 0. The summed E-state index contributed by atoms with van der Waals surface area (Å²) < 4.78 is 5.45. The van der Waals surface area contributed by atoms with Crippen LogP contribution in [0.15, 0.2) is 12.2 Å². The zero-order chi connectivity index (χ0) is 14.4. The van der Waals surface area contributed by atoms with Crippen molar-refractivity contribution in [3.8, 4) is 0 Å². The van der Waals surface area contributed by atoms with Crippen LogP contribution in [0.2, 0.25) is 0 Å². The standard InChI is InChI=1S/C15H23NO3/c1-9-8-11-6-7-12(9)16(13(11)10(2)17)14(18)19-15(3,4)5/h11-13H,1,6-8H2,2-5H3/t11-,12+,13-/m1/s1. The molecule has 0 spiro atoms. The van der Waals surface area contributed by atoms with Crippen molar-refractivity contribution in [3.05, 3.63) is 12.2 Å². The predicted molar refractivity (Wildman–Crippen MR) is 72.8 cm³/mol. The second kappa shape index (κ2) is 4.66. The van der Waals surface area contributed by atoms with Gasteiger partial charge in [-0.1, -0.05) is 12.2 Å². The maximum atomic E-state index is 12.4. The monoisotopic (exact) mass is 265 g/mol. The van der Waals surface area contributed by atoms with Crippen molar-refractivity contribution in [3.63, 3.8) is 0 Å². The number of piperidine rings is 2. The lowest BCUT2D eigenvalue weighted by atomic mass is 9.71. The lowest BCUT2D eigenvalue weighted by molar-refractivity contribution is -0.128. The van der Waals surface area contributed by atoms with Crippen molar-refractivity contribution < 1.29 is 14.3 Å². The van der Waals surface area contributed by atoms with E-state index in [1.807, 2.05) is 20.8 Å². The van der Waals surface area contributed by atoms with Crippen LogP contribution in [-0.4, -0.2) is 34.5 Å². The molecule has 3 fully saturated rings. The summed E-state index contributed by atoms with van der Waals surface area (Å²) in [6.07, 6.45) is 2.36. The summed E-state index contributed by atoms with van der Waals surface area (Å²) in [6, 6.07) is -0.368. The largest absolute Gasteiger partial charge is 0.444 e. The number of carbonyl (C=O) groups excluding carboxylic acids is 2. The third-order valence-corrected chi connectivity index (χ3v) is 3.91. The number of rotatable bonds is 1. The molecule has 1 aliphatic carbocycles. The molecule has 0 aromatic rings. The van der Waals surface area contributed by atoms with Gasteiger partial charge in [0, 0.05) is 0 Å². The summed E-state index contributed by atoms with van der Waals surface area (Å²) in [7, 11) is 0. The third-order valence-electron chi connectivity index (χ3n) is 3.91. The molecule has 1 saturated carbocycles. The highest BCUT2D eigenvalue weighted by molar-refractivity contribution is 5.87. The summed E-state index contributed by atoms with van der Waals surface area (Å²) in [6.45, 7) is 11.1. The molecular formula is C15H23NO3. The molecule has 19 heavy (non-hydrogen) atoms. The number of carbonyl (C=O) groups is 2. The lowest BCUT2D eigenvalue weighted by Crippen LogP contribution is -2.61. The summed E-state index contributed by atoms with van der Waals surface area (Å²) in [4.78, 5) is 25.9. The van der Waals surface area contributed by atoms with E-state index in [1.54, 1.807) is 11.8 Å². The molecule has 0 N–H and O–H groups in total. The second-order valence-corrected chi connectivity index (χ2v) is 6.66. The Morgan fingerprint density at radius 3 is 2.42 bits per heavy atom. The van der Waals surface area contributed by atoms with E-state index in [0.29, 0.717) is 0 Å². The van der Waals surface area contributed by atoms with Gasteiger partial charge in [-0.3, -0.25) is 9.69 Å². The maximum Gasteiger partial charge on any atom is 0.411 e. The van der Waals surface area contributed by atoms with Crippen LogP contribution in [0.4, 0.5) is 4.79 Å². The Labute approximate surface area is 114 Å². The van der Waals surface area contributed by atoms with Crippen LogP contribution in [0.3, 0.4) is 0 Å². The molecule has 2 aliphatic heterocycles. The van der Waals surface area contributed by atoms with E-state index in [-0.39, 0.29) is 29.9 Å². The molecular weight excluding hydrogens is 242 g/mol. The van der Waals surface area contributed by atoms with E-state index >= 15 is 0 Å². The Balaban J connectivity index is 2.26. The minimum atomic E-state index is -0.545. The van der Waals surface area contributed by atoms with Gasteiger partial charge in [-0.05, 0) is 52.9 Å². The molecule has 4 heteroatoms. The van der Waals surface area contributed by atoms with Crippen LogP contribution in [0.25, 0.3) is 0 Å². The smallest absolute Gasteiger partial charge is 0.411 e. The van der Waals surface area contributed by atoms with Crippen LogP contribution in [0, 0.1) is 5.92 Å². The van der Waals surface area contributed by atoms with Gasteiger partial charge < -0.3 is 4.74 Å². The molecule has 0 unspecified atom stereocenters. The number of ketones is 1. The van der Waals surface area contributed by atoms with Gasteiger partial charge in [-0.15, -0.1) is 0 Å². The van der Waals surface area contributed by atoms with Gasteiger partial charge >= 0.3 is 6.09 Å². The summed E-state index contributed by atoms with van der Waals surface area (Å²) in [5.74, 6) is 0.260. The van der Waals surface area contributed by atoms with E-state index in [2.05, 4.69) is 6.58 Å². The van der Waals surface area contributed by atoms with E-state index < -0.39 is 5.60 Å². The van der Waals surface area contributed by atoms with Crippen LogP contribution in [0.1, 0.15) is 47.0 Å². The molecule has 1 amide bonds. The zero-order valence-corrected chi connectivity index (χ0v) is 12.2. The molecule has 4 nitrogen and oxygen atoms in total. The molecule has 2 heterocycles. The lowest BCUT2D eigenvalue weighted by Gasteiger charge is -2.51. The van der Waals surface area contributed by atoms with Gasteiger partial charge in [-0.25, -0.2) is 4.79 Å². The normalized spacial score (nSPS) is 30.4. The van der Waals surface area contributed by atoms with Gasteiger partial charge in [0.25, 0.3) is 0 Å². The quantitative estimate of drug-likeness (QED) is 0.685. The third kappa shape index (κ3) is 2.67. The van der Waals surface area contributed by atoms with E-state index in [0.717, 1.165) is 24.8 Å². The van der Waals surface area contributed by atoms with Gasteiger partial charge in [0.1, 0.15) is 5.60 Å². The van der Waals surface area contributed by atoms with Gasteiger partial charge in [-0.2, -0.15) is 0 Å². The number of ether oxygens (including phenoxy) is 1. The molecule has 3 rings (SSSR count). The molecule has 106 valence electrons. The number of Topliss-reactive ketones (excluding diaryl/α,β-unsaturated/α-hetero) is 1. The molecule has 0 aromatic carbocycles. The first kappa shape index (κ1) is 14.1. The van der Waals surface area contributed by atoms with Crippen LogP contribution in [-0.2, 0) is 9.53 Å². The topological polar surface area (TPSA) is 46.6 Å². The Kier molecular flexibility index (Phi) is 3.45. The number of hydrogen-bond donors (Lipinski definition) is 0. The highest BCUT2D eigenvalue weighted by atomic mass is 16.6. The Morgan fingerprint density at radius 1 is 1.32 bits per heavy atom. The van der Waals surface area contributed by atoms with E-state index in [1.165, 1.54) is 0 Å². The Bertz CT molecular complexity index is 422. The van der Waals surface area contributed by atoms with Crippen molar-refractivity contribution in [2.24, 2.45) is 5.92 Å². The van der Waals surface area contributed by atoms with E-state index in [9.17, 15) is 9.59 Å². The molecule has 2 saturated heterocycles. The average Bonchev–Trinajstić information content (AvgIpc) is 2.25. The van der Waals surface area contributed by atoms with Crippen LogP contribution < -0.4 is 0 Å². The highest BCUT2D eigenvalue weighted by Gasteiger charge is 2.49. The predicted octanol–water partition coefficient (Wildman–Crippen LogP) is 2.92. The average molecular weight is 265 g/mol. The molecule has 3 aliphatic rings. The van der Waals surface area contributed by atoms with Crippen LogP contribution in [0.5, 0.6) is 0 Å². The minimum absolute atomic E-state index is 0.0336. The molecule has 3 atom stereocenters. The molecule has 0 radical (unpaired) electrons. The molecule has 2 bridgehead atoms. The van der Waals surface area contributed by atoms with Crippen LogP contribution >= 0.6 is 0 Å². The highest BCUT2D eigenvalue weighted by Crippen LogP contribution is 2.42. The Hall–Kier alpha value is -1.32. The first-order valence-electron chi connectivity index (χ1n) is 6.90. The minimum Gasteiger partial charge on any atom is -0.444 e. The van der Waals surface area contributed by atoms with E-state index in [4.69, 9.17) is 4.74 Å². The zero-order valence-electron chi connectivity index (χ0n) is 12.2. The Morgan fingerprint density at radius 2 is 1.95 bits per heavy atom. The van der Waals surface area contributed by atoms with Crippen molar-refractivity contribution in [1.29, 1.82) is 0 Å². The van der Waals surface area contributed by atoms with Crippen molar-refractivity contribution in [2.45, 2.75) is 64.6 Å². The van der Waals surface area contributed by atoms with Gasteiger partial charge in [0.2, 0.25) is 0 Å². The number of fused-ring (bicyclic) bond motifs is 3. The number of nitrogens with zero attached hydrogens (tertiary/aromatic N) is 1. The first-order valence-corrected chi connectivity index (χ1v) is 6.90. The fourth-order valence-corrected chi connectivity index (χ4v) is 3.26. The van der Waals surface area contributed by atoms with Gasteiger partial charge in [0.05, 0.1) is 12.1 Å². The van der Waals surface area contributed by atoms with Gasteiger partial charge in [0.15, 0.2) is 5.78 Å². The summed E-state index contributed by atoms with van der Waals surface area (Å²) in [5.41, 5.74) is 0.510. The number of amides is 1. The van der Waals surface area contributed by atoms with Crippen molar-refractivity contribution in [1.82, 2.24) is 4.90 Å². The fourth-order valence-electron chi connectivity index (χ4n) is 3.26. The first-order chi connectivity index (χ1) is 8.70. The van der Waals surface area contributed by atoms with Crippen molar-refractivity contribution >= 4 is 11.9 Å². The van der Waals surface area contributed by atoms with Crippen molar-refractivity contribution in [2.75, 3.05) is 0 Å².